The summed E-state index contributed by atoms with van der Waals surface area (Å²) in [6.07, 6.45) is -0.0716. The second kappa shape index (κ2) is 20.1. The van der Waals surface area contributed by atoms with E-state index >= 15 is 0 Å². The van der Waals surface area contributed by atoms with Gasteiger partial charge in [-0.15, -0.1) is 23.5 Å². The molecule has 2 aliphatic rings. The van der Waals surface area contributed by atoms with Crippen LogP contribution in [0.15, 0.2) is 168 Å². The third kappa shape index (κ3) is 9.95. The minimum atomic E-state index is -4.22. The molecule has 348 valence electrons. The number of amides is 2. The van der Waals surface area contributed by atoms with Crippen molar-refractivity contribution in [3.05, 3.63) is 180 Å². The maximum absolute atomic E-state index is 14.8. The summed E-state index contributed by atoms with van der Waals surface area (Å²) in [6.45, 7) is 3.46. The number of nitrogens with zero attached hydrogens (tertiary/aromatic N) is 2. The van der Waals surface area contributed by atoms with Gasteiger partial charge in [-0.25, -0.2) is 25.6 Å². The average molecular weight is 983 g/mol. The topological polar surface area (TPSA) is 142 Å². The predicted octanol–water partition coefficient (Wildman–Crippen LogP) is 8.90. The summed E-state index contributed by atoms with van der Waals surface area (Å²) in [5.74, 6) is -2.03. The summed E-state index contributed by atoms with van der Waals surface area (Å²) in [4.78, 5) is 29.5. The summed E-state index contributed by atoms with van der Waals surface area (Å²) in [5.41, 5.74) is 0.170. The standard InChI is InChI=1S/C50H48F2N4O7S4/c1-3-49(39-19-23-41(51)24-20-39,53-45(57)47-55(31-33-64-47)66(59,60)43-27-15-37(16-28-43)35-11-7-5-8-12-35)63-50(4-2,40-21-25-42(52)26-22-40)54-46(58)48-56(32-34-65-48)67(61,62)44-29-17-38(18-30-44)36-13-9-6-10-14-36/h5-30,47-48H,3-4,31-34H2,1-2H3,(H,53,57)(H,54,58). The van der Waals surface area contributed by atoms with E-state index in [1.54, 1.807) is 38.1 Å². The van der Waals surface area contributed by atoms with Crippen molar-refractivity contribution in [2.45, 2.75) is 58.7 Å². The molecule has 8 rings (SSSR count). The van der Waals surface area contributed by atoms with E-state index in [2.05, 4.69) is 10.6 Å². The van der Waals surface area contributed by atoms with Crippen LogP contribution >= 0.6 is 23.5 Å². The van der Waals surface area contributed by atoms with Gasteiger partial charge in [-0.05, 0) is 83.6 Å². The molecule has 67 heavy (non-hydrogen) atoms. The Bertz CT molecular complexity index is 2720. The summed E-state index contributed by atoms with van der Waals surface area (Å²) in [6, 6.07) is 42.3. The van der Waals surface area contributed by atoms with Crippen molar-refractivity contribution in [2.24, 2.45) is 0 Å². The van der Waals surface area contributed by atoms with Gasteiger partial charge >= 0.3 is 0 Å². The van der Waals surface area contributed by atoms with Gasteiger partial charge in [-0.2, -0.15) is 8.61 Å². The number of hydrogen-bond acceptors (Lipinski definition) is 9. The zero-order valence-electron chi connectivity index (χ0n) is 36.5. The lowest BCUT2D eigenvalue weighted by atomic mass is 9.94. The van der Waals surface area contributed by atoms with Crippen molar-refractivity contribution >= 4 is 55.4 Å². The van der Waals surface area contributed by atoms with Crippen molar-refractivity contribution < 1.29 is 39.9 Å². The van der Waals surface area contributed by atoms with Crippen LogP contribution in [0.2, 0.25) is 0 Å². The molecule has 17 heteroatoms. The molecular formula is C50H48F2N4O7S4. The molecule has 0 aromatic heterocycles. The molecule has 11 nitrogen and oxygen atoms in total. The number of rotatable bonds is 16. The zero-order chi connectivity index (χ0) is 47.4. The predicted molar refractivity (Wildman–Crippen MR) is 258 cm³/mol. The van der Waals surface area contributed by atoms with Crippen LogP contribution in [0.1, 0.15) is 37.8 Å². The van der Waals surface area contributed by atoms with Crippen LogP contribution in [-0.4, -0.2) is 72.6 Å². The second-order valence-corrected chi connectivity index (χ2v) is 22.1. The Hall–Kier alpha value is -5.40. The van der Waals surface area contributed by atoms with Gasteiger partial charge in [0.25, 0.3) is 11.8 Å². The molecule has 2 heterocycles. The molecular weight excluding hydrogens is 935 g/mol. The van der Waals surface area contributed by atoms with Gasteiger partial charge in [0.05, 0.1) is 9.79 Å². The zero-order valence-corrected chi connectivity index (χ0v) is 39.8. The number of benzene rings is 6. The fourth-order valence-electron chi connectivity index (χ4n) is 8.29. The maximum Gasteiger partial charge on any atom is 0.251 e. The number of thioether (sulfide) groups is 2. The first-order valence-corrected chi connectivity index (χ1v) is 26.6. The van der Waals surface area contributed by atoms with E-state index in [1.165, 1.54) is 72.8 Å². The lowest BCUT2D eigenvalue weighted by molar-refractivity contribution is -0.207. The number of halogens is 2. The van der Waals surface area contributed by atoms with E-state index in [-0.39, 0.29) is 46.8 Å². The molecule has 0 saturated carbocycles. The quantitative estimate of drug-likeness (QED) is 0.0910. The monoisotopic (exact) mass is 982 g/mol. The third-order valence-electron chi connectivity index (χ3n) is 11.9. The maximum atomic E-state index is 14.8. The number of carbonyl (C=O) groups excluding carboxylic acids is 2. The van der Waals surface area contributed by atoms with E-state index in [0.717, 1.165) is 54.4 Å². The SMILES string of the molecule is CCC(NC(=O)C1SCCN1S(=O)(=O)c1ccc(-c2ccccc2)cc1)(OC(CC)(NC(=O)C1SCCN1S(=O)(=O)c1ccc(-c2ccccc2)cc1)c1ccc(F)cc1)c1ccc(F)cc1. The first-order valence-electron chi connectivity index (χ1n) is 21.6. The third-order valence-corrected chi connectivity index (χ3v) is 18.3. The molecule has 2 amide bonds. The smallest absolute Gasteiger partial charge is 0.251 e. The molecule has 2 N–H and O–H groups in total. The normalized spacial score (nSPS) is 18.7. The fraction of sp³-hybridized carbons (Fsp3) is 0.240. The van der Waals surface area contributed by atoms with Crippen molar-refractivity contribution in [3.8, 4) is 22.3 Å². The molecule has 2 fully saturated rings. The molecule has 0 aliphatic carbocycles. The highest BCUT2D eigenvalue weighted by molar-refractivity contribution is 8.02. The Kier molecular flexibility index (Phi) is 14.4. The van der Waals surface area contributed by atoms with Crippen molar-refractivity contribution in [3.63, 3.8) is 0 Å². The highest BCUT2D eigenvalue weighted by Gasteiger charge is 2.50. The lowest BCUT2D eigenvalue weighted by Crippen LogP contribution is -2.61. The second-order valence-electron chi connectivity index (χ2n) is 15.9. The van der Waals surface area contributed by atoms with Crippen LogP contribution < -0.4 is 10.6 Å². The largest absolute Gasteiger partial charge is 0.322 e. The Morgan fingerprint density at radius 3 is 1.19 bits per heavy atom. The summed E-state index contributed by atoms with van der Waals surface area (Å²) >= 11 is 2.24. The number of sulfonamides is 2. The summed E-state index contributed by atoms with van der Waals surface area (Å²) in [7, 11) is -8.43. The minimum Gasteiger partial charge on any atom is -0.322 e. The number of nitrogens with one attached hydrogen (secondary N) is 2. The first-order chi connectivity index (χ1) is 32.2. The van der Waals surface area contributed by atoms with Crippen LogP contribution in [0.25, 0.3) is 22.3 Å². The van der Waals surface area contributed by atoms with Crippen molar-refractivity contribution in [2.75, 3.05) is 24.6 Å². The highest BCUT2D eigenvalue weighted by atomic mass is 32.2. The van der Waals surface area contributed by atoms with Gasteiger partial charge in [0.1, 0.15) is 22.4 Å². The number of ether oxygens (including phenoxy) is 1. The Labute approximate surface area is 398 Å². The average Bonchev–Trinajstić information content (AvgIpc) is 4.08. The van der Waals surface area contributed by atoms with E-state index in [0.29, 0.717) is 11.5 Å². The molecule has 0 spiro atoms. The van der Waals surface area contributed by atoms with Gasteiger partial charge < -0.3 is 15.4 Å². The van der Waals surface area contributed by atoms with Crippen LogP contribution in [-0.2, 0) is 45.8 Å². The van der Waals surface area contributed by atoms with Gasteiger partial charge in [0, 0.05) is 35.7 Å². The molecule has 2 saturated heterocycles. The molecule has 4 atom stereocenters. The van der Waals surface area contributed by atoms with Gasteiger partial charge in [-0.3, -0.25) is 9.59 Å². The van der Waals surface area contributed by atoms with E-state index in [9.17, 15) is 35.2 Å². The molecule has 0 bridgehead atoms. The van der Waals surface area contributed by atoms with Gasteiger partial charge in [-0.1, -0.05) is 123 Å². The van der Waals surface area contributed by atoms with Crippen molar-refractivity contribution in [1.29, 1.82) is 0 Å². The number of carbonyl (C=O) groups is 2. The molecule has 0 radical (unpaired) electrons. The Balaban J connectivity index is 1.11. The Morgan fingerprint density at radius 2 is 0.866 bits per heavy atom. The minimum absolute atomic E-state index is 0.00178. The van der Waals surface area contributed by atoms with Crippen LogP contribution in [0.5, 0.6) is 0 Å². The van der Waals surface area contributed by atoms with Gasteiger partial charge in [0.15, 0.2) is 11.4 Å². The first kappa shape index (κ1) is 48.1. The van der Waals surface area contributed by atoms with E-state index in [4.69, 9.17) is 4.74 Å². The van der Waals surface area contributed by atoms with Crippen LogP contribution in [0, 0.1) is 11.6 Å². The van der Waals surface area contributed by atoms with E-state index < -0.39 is 65.7 Å². The lowest BCUT2D eigenvalue weighted by Gasteiger charge is -2.45. The highest BCUT2D eigenvalue weighted by Crippen LogP contribution is 2.41. The fourth-order valence-corrected chi connectivity index (χ4v) is 14.4. The molecule has 6 aromatic carbocycles. The summed E-state index contributed by atoms with van der Waals surface area (Å²) in [5, 5.41) is 3.43. The number of hydrogen-bond donors (Lipinski definition) is 2. The van der Waals surface area contributed by atoms with Gasteiger partial charge in [0.2, 0.25) is 20.0 Å². The Morgan fingerprint density at radius 1 is 0.537 bits per heavy atom. The van der Waals surface area contributed by atoms with Crippen molar-refractivity contribution in [1.82, 2.24) is 19.2 Å². The molecule has 6 aromatic rings. The van der Waals surface area contributed by atoms with E-state index in [1.807, 2.05) is 60.7 Å². The molecule has 2 aliphatic heterocycles. The van der Waals surface area contributed by atoms with Crippen LogP contribution in [0.4, 0.5) is 8.78 Å². The van der Waals surface area contributed by atoms with Crippen LogP contribution in [0.3, 0.4) is 0 Å². The summed E-state index contributed by atoms with van der Waals surface area (Å²) < 4.78 is 95.6. The molecule has 4 unspecified atom stereocenters.